The van der Waals surface area contributed by atoms with E-state index in [1.54, 1.807) is 0 Å². The smallest absolute Gasteiger partial charge is 0.170 e. The number of hydrogen-bond acceptors (Lipinski definition) is 3. The molecule has 4 rings (SSSR count). The Kier molecular flexibility index (Phi) is 7.34. The van der Waals surface area contributed by atoms with Gasteiger partial charge in [-0.15, -0.1) is 0 Å². The van der Waals surface area contributed by atoms with Gasteiger partial charge in [-0.3, -0.25) is 0 Å². The SMILES string of the molecule is CC1CCCCN1c1ccc(NC(=S)NCC2(c3ccc(Cl)cc3)CCCCC2)cn1. The van der Waals surface area contributed by atoms with Gasteiger partial charge in [-0.05, 0) is 81.1 Å². The van der Waals surface area contributed by atoms with Crippen molar-refractivity contribution in [3.05, 3.63) is 53.2 Å². The number of thiocarbonyl (C=S) groups is 1. The Morgan fingerprint density at radius 2 is 1.87 bits per heavy atom. The molecule has 1 aromatic carbocycles. The molecule has 6 heteroatoms. The Bertz CT molecular complexity index is 862. The minimum Gasteiger partial charge on any atom is -0.362 e. The van der Waals surface area contributed by atoms with Gasteiger partial charge in [-0.1, -0.05) is 43.0 Å². The van der Waals surface area contributed by atoms with Crippen molar-refractivity contribution in [1.29, 1.82) is 0 Å². The molecule has 0 bridgehead atoms. The van der Waals surface area contributed by atoms with Gasteiger partial charge in [0.05, 0.1) is 11.9 Å². The van der Waals surface area contributed by atoms with Crippen molar-refractivity contribution in [2.45, 2.75) is 69.7 Å². The largest absolute Gasteiger partial charge is 0.362 e. The van der Waals surface area contributed by atoms with Gasteiger partial charge < -0.3 is 15.5 Å². The van der Waals surface area contributed by atoms with Gasteiger partial charge >= 0.3 is 0 Å². The maximum Gasteiger partial charge on any atom is 0.170 e. The summed E-state index contributed by atoms with van der Waals surface area (Å²) < 4.78 is 0. The zero-order chi connectivity index (χ0) is 21.7. The fraction of sp³-hybridized carbons (Fsp3) is 0.520. The number of hydrogen-bond donors (Lipinski definition) is 2. The average Bonchev–Trinajstić information content (AvgIpc) is 2.80. The van der Waals surface area contributed by atoms with Crippen molar-refractivity contribution in [3.63, 3.8) is 0 Å². The Morgan fingerprint density at radius 3 is 2.55 bits per heavy atom. The Balaban J connectivity index is 1.37. The summed E-state index contributed by atoms with van der Waals surface area (Å²) in [6.45, 7) is 4.21. The van der Waals surface area contributed by atoms with Crippen LogP contribution in [0, 0.1) is 0 Å². The molecule has 1 saturated heterocycles. The Hall–Kier alpha value is -1.85. The molecule has 166 valence electrons. The summed E-state index contributed by atoms with van der Waals surface area (Å²) >= 11 is 11.7. The highest BCUT2D eigenvalue weighted by atomic mass is 35.5. The highest BCUT2D eigenvalue weighted by molar-refractivity contribution is 7.80. The summed E-state index contributed by atoms with van der Waals surface area (Å²) in [5, 5.41) is 8.25. The second-order valence-electron chi connectivity index (χ2n) is 9.10. The Morgan fingerprint density at radius 1 is 1.10 bits per heavy atom. The summed E-state index contributed by atoms with van der Waals surface area (Å²) in [5.74, 6) is 1.06. The summed E-state index contributed by atoms with van der Waals surface area (Å²) in [4.78, 5) is 7.09. The number of nitrogens with zero attached hydrogens (tertiary/aromatic N) is 2. The van der Waals surface area contributed by atoms with Gasteiger partial charge in [0.2, 0.25) is 0 Å². The van der Waals surface area contributed by atoms with Crippen LogP contribution in [0.2, 0.25) is 5.02 Å². The number of anilines is 2. The van der Waals surface area contributed by atoms with Crippen molar-refractivity contribution < 1.29 is 0 Å². The third-order valence-corrected chi connectivity index (χ3v) is 7.46. The number of benzene rings is 1. The predicted molar refractivity (Wildman–Crippen MR) is 135 cm³/mol. The maximum atomic E-state index is 6.13. The normalized spacial score (nSPS) is 20.8. The zero-order valence-electron chi connectivity index (χ0n) is 18.4. The number of rotatable bonds is 5. The monoisotopic (exact) mass is 456 g/mol. The predicted octanol–water partition coefficient (Wildman–Crippen LogP) is 6.30. The first-order chi connectivity index (χ1) is 15.1. The van der Waals surface area contributed by atoms with Crippen LogP contribution >= 0.6 is 23.8 Å². The van der Waals surface area contributed by atoms with E-state index in [0.717, 1.165) is 29.6 Å². The van der Waals surface area contributed by atoms with E-state index in [0.29, 0.717) is 11.2 Å². The quantitative estimate of drug-likeness (QED) is 0.516. The highest BCUT2D eigenvalue weighted by Crippen LogP contribution is 2.39. The zero-order valence-corrected chi connectivity index (χ0v) is 19.9. The molecule has 2 aliphatic rings. The molecule has 1 aromatic heterocycles. The summed E-state index contributed by atoms with van der Waals surface area (Å²) in [6, 6.07) is 13.1. The first-order valence-electron chi connectivity index (χ1n) is 11.6. The van der Waals surface area contributed by atoms with E-state index in [1.165, 1.54) is 56.9 Å². The van der Waals surface area contributed by atoms with Crippen LogP contribution in [-0.2, 0) is 5.41 Å². The fourth-order valence-electron chi connectivity index (χ4n) is 5.09. The molecule has 1 unspecified atom stereocenters. The number of halogens is 1. The molecule has 31 heavy (non-hydrogen) atoms. The molecule has 2 fully saturated rings. The molecule has 0 radical (unpaired) electrons. The third-order valence-electron chi connectivity index (χ3n) is 6.96. The van der Waals surface area contributed by atoms with E-state index >= 15 is 0 Å². The van der Waals surface area contributed by atoms with Crippen LogP contribution in [0.15, 0.2) is 42.6 Å². The second kappa shape index (κ2) is 10.2. The molecular weight excluding hydrogens is 424 g/mol. The first kappa shape index (κ1) is 22.3. The molecule has 0 spiro atoms. The van der Waals surface area contributed by atoms with E-state index in [2.05, 4.69) is 51.7 Å². The van der Waals surface area contributed by atoms with E-state index in [1.807, 2.05) is 18.3 Å². The lowest BCUT2D eigenvalue weighted by atomic mass is 9.69. The van der Waals surface area contributed by atoms with Crippen molar-refractivity contribution in [1.82, 2.24) is 10.3 Å². The summed E-state index contributed by atoms with van der Waals surface area (Å²) in [6.07, 6.45) is 11.9. The number of nitrogens with one attached hydrogen (secondary N) is 2. The molecule has 1 aliphatic heterocycles. The van der Waals surface area contributed by atoms with Crippen LogP contribution in [0.5, 0.6) is 0 Å². The van der Waals surface area contributed by atoms with Crippen LogP contribution in [0.3, 0.4) is 0 Å². The van der Waals surface area contributed by atoms with Gasteiger partial charge in [0.25, 0.3) is 0 Å². The van der Waals surface area contributed by atoms with Gasteiger partial charge in [-0.25, -0.2) is 4.98 Å². The third kappa shape index (κ3) is 5.50. The van der Waals surface area contributed by atoms with Crippen LogP contribution < -0.4 is 15.5 Å². The van der Waals surface area contributed by atoms with Crippen LogP contribution in [0.1, 0.15) is 63.9 Å². The van der Waals surface area contributed by atoms with Crippen LogP contribution in [0.4, 0.5) is 11.5 Å². The molecule has 1 aliphatic carbocycles. The van der Waals surface area contributed by atoms with Gasteiger partial charge in [0, 0.05) is 29.6 Å². The molecular formula is C25H33ClN4S. The summed E-state index contributed by atoms with van der Waals surface area (Å²) in [5.41, 5.74) is 2.39. The minimum atomic E-state index is 0.112. The average molecular weight is 457 g/mol. The fourth-order valence-corrected chi connectivity index (χ4v) is 5.41. The lowest BCUT2D eigenvalue weighted by Crippen LogP contribution is -2.43. The number of pyridine rings is 1. The lowest BCUT2D eigenvalue weighted by molar-refractivity contribution is 0.292. The molecule has 1 atom stereocenters. The standard InChI is InChI=1S/C25H33ClN4S/c1-19-7-3-6-16-30(19)23-13-12-22(17-27-23)29-24(31)28-18-25(14-4-2-5-15-25)20-8-10-21(26)11-9-20/h8-13,17,19H,2-7,14-16,18H2,1H3,(H2,28,29,31). The van der Waals surface area contributed by atoms with E-state index in [4.69, 9.17) is 23.8 Å². The summed E-state index contributed by atoms with van der Waals surface area (Å²) in [7, 11) is 0. The van der Waals surface area contributed by atoms with Crippen molar-refractivity contribution in [3.8, 4) is 0 Å². The van der Waals surface area contributed by atoms with Crippen molar-refractivity contribution in [2.24, 2.45) is 0 Å². The van der Waals surface area contributed by atoms with Gasteiger partial charge in [0.1, 0.15) is 5.82 Å². The van der Waals surface area contributed by atoms with Crippen molar-refractivity contribution >= 4 is 40.4 Å². The highest BCUT2D eigenvalue weighted by Gasteiger charge is 2.34. The minimum absolute atomic E-state index is 0.112. The Labute approximate surface area is 196 Å². The van der Waals surface area contributed by atoms with Crippen LogP contribution in [0.25, 0.3) is 0 Å². The molecule has 4 nitrogen and oxygen atoms in total. The lowest BCUT2D eigenvalue weighted by Gasteiger charge is -2.38. The van der Waals surface area contributed by atoms with Crippen molar-refractivity contribution in [2.75, 3.05) is 23.3 Å². The first-order valence-corrected chi connectivity index (χ1v) is 12.4. The maximum absolute atomic E-state index is 6.13. The molecule has 1 saturated carbocycles. The number of aromatic nitrogens is 1. The van der Waals surface area contributed by atoms with Gasteiger partial charge in [-0.2, -0.15) is 0 Å². The topological polar surface area (TPSA) is 40.2 Å². The van der Waals surface area contributed by atoms with Crippen LogP contribution in [-0.4, -0.2) is 29.2 Å². The van der Waals surface area contributed by atoms with E-state index in [9.17, 15) is 0 Å². The van der Waals surface area contributed by atoms with E-state index in [-0.39, 0.29) is 5.41 Å². The molecule has 2 aromatic rings. The van der Waals surface area contributed by atoms with Gasteiger partial charge in [0.15, 0.2) is 5.11 Å². The molecule has 0 amide bonds. The molecule has 2 heterocycles. The number of piperidine rings is 1. The second-order valence-corrected chi connectivity index (χ2v) is 9.94. The molecule has 2 N–H and O–H groups in total. The van der Waals surface area contributed by atoms with E-state index < -0.39 is 0 Å².